The summed E-state index contributed by atoms with van der Waals surface area (Å²) in [5.74, 6) is 0.725. The monoisotopic (exact) mass is 325 g/mol. The maximum atomic E-state index is 10.1. The zero-order chi connectivity index (χ0) is 16.9. The molecular weight excluding hydrogens is 302 g/mol. The van der Waals surface area contributed by atoms with E-state index in [0.29, 0.717) is 13.1 Å². The SMILES string of the molecule is CC(C)(O)c1ccc(-c2nc(N3CC(O)C3)nc3c2CCC3)cc1. The highest BCUT2D eigenvalue weighted by molar-refractivity contribution is 5.67. The summed E-state index contributed by atoms with van der Waals surface area (Å²) in [6, 6.07) is 7.99. The molecule has 0 bridgehead atoms. The fraction of sp³-hybridized carbons (Fsp3) is 0.474. The van der Waals surface area contributed by atoms with E-state index in [9.17, 15) is 10.2 Å². The van der Waals surface area contributed by atoms with E-state index in [1.807, 2.05) is 29.2 Å². The van der Waals surface area contributed by atoms with Gasteiger partial charge in [0.1, 0.15) is 0 Å². The molecule has 1 aromatic heterocycles. The summed E-state index contributed by atoms with van der Waals surface area (Å²) in [6.07, 6.45) is 2.86. The lowest BCUT2D eigenvalue weighted by atomic mass is 9.96. The van der Waals surface area contributed by atoms with E-state index in [2.05, 4.69) is 0 Å². The number of benzene rings is 1. The molecule has 0 spiro atoms. The van der Waals surface area contributed by atoms with Gasteiger partial charge < -0.3 is 15.1 Å². The average Bonchev–Trinajstić information content (AvgIpc) is 2.98. The molecule has 0 saturated carbocycles. The first kappa shape index (κ1) is 15.5. The molecular formula is C19H23N3O2. The van der Waals surface area contributed by atoms with Gasteiger partial charge in [-0.05, 0) is 38.7 Å². The molecule has 0 amide bonds. The Kier molecular flexibility index (Phi) is 3.58. The first-order valence-corrected chi connectivity index (χ1v) is 8.58. The minimum Gasteiger partial charge on any atom is -0.389 e. The largest absolute Gasteiger partial charge is 0.389 e. The standard InChI is InChI=1S/C19H23N3O2/c1-19(2,24)13-8-6-12(7-9-13)17-15-4-3-5-16(15)20-18(21-17)22-10-14(23)11-22/h6-9,14,23-24H,3-5,10-11H2,1-2H3. The van der Waals surface area contributed by atoms with Crippen LogP contribution in [0.15, 0.2) is 24.3 Å². The Morgan fingerprint density at radius 2 is 1.79 bits per heavy atom. The van der Waals surface area contributed by atoms with Crippen LogP contribution >= 0.6 is 0 Å². The molecule has 1 saturated heterocycles. The second kappa shape index (κ2) is 5.53. The van der Waals surface area contributed by atoms with Crippen LogP contribution in [-0.4, -0.2) is 39.4 Å². The molecule has 0 atom stereocenters. The highest BCUT2D eigenvalue weighted by Crippen LogP contribution is 2.33. The zero-order valence-corrected chi connectivity index (χ0v) is 14.2. The number of hydrogen-bond donors (Lipinski definition) is 2. The molecule has 0 radical (unpaired) electrons. The molecule has 126 valence electrons. The van der Waals surface area contributed by atoms with Crippen molar-refractivity contribution in [2.24, 2.45) is 0 Å². The number of nitrogens with zero attached hydrogens (tertiary/aromatic N) is 3. The van der Waals surface area contributed by atoms with Gasteiger partial charge in [-0.3, -0.25) is 0 Å². The summed E-state index contributed by atoms with van der Waals surface area (Å²) < 4.78 is 0. The molecule has 4 rings (SSSR count). The number of aryl methyl sites for hydroxylation is 1. The Bertz CT molecular complexity index is 759. The lowest BCUT2D eigenvalue weighted by Gasteiger charge is -2.36. The number of hydrogen-bond acceptors (Lipinski definition) is 5. The third-order valence-corrected chi connectivity index (χ3v) is 4.93. The van der Waals surface area contributed by atoms with Crippen LogP contribution in [0.2, 0.25) is 0 Å². The Labute approximate surface area is 142 Å². The van der Waals surface area contributed by atoms with Crippen molar-refractivity contribution < 1.29 is 10.2 Å². The molecule has 24 heavy (non-hydrogen) atoms. The Morgan fingerprint density at radius 1 is 1.08 bits per heavy atom. The number of aliphatic hydroxyl groups is 2. The molecule has 5 nitrogen and oxygen atoms in total. The fourth-order valence-electron chi connectivity index (χ4n) is 3.45. The van der Waals surface area contributed by atoms with Gasteiger partial charge in [-0.15, -0.1) is 0 Å². The van der Waals surface area contributed by atoms with Crippen LogP contribution in [0, 0.1) is 0 Å². The van der Waals surface area contributed by atoms with Gasteiger partial charge >= 0.3 is 0 Å². The molecule has 2 aromatic rings. The summed E-state index contributed by atoms with van der Waals surface area (Å²) in [7, 11) is 0. The number of fused-ring (bicyclic) bond motifs is 1. The Hall–Kier alpha value is -1.98. The smallest absolute Gasteiger partial charge is 0.226 e. The molecule has 0 unspecified atom stereocenters. The Morgan fingerprint density at radius 3 is 2.42 bits per heavy atom. The first-order valence-electron chi connectivity index (χ1n) is 8.58. The molecule has 2 aliphatic rings. The summed E-state index contributed by atoms with van der Waals surface area (Å²) in [6.45, 7) is 4.79. The van der Waals surface area contributed by atoms with Gasteiger partial charge in [0.05, 0.1) is 17.4 Å². The van der Waals surface area contributed by atoms with Crippen molar-refractivity contribution in [3.63, 3.8) is 0 Å². The number of anilines is 1. The quantitative estimate of drug-likeness (QED) is 0.904. The fourth-order valence-corrected chi connectivity index (χ4v) is 3.45. The predicted octanol–water partition coefficient (Wildman–Crippen LogP) is 2.04. The normalized spacial score (nSPS) is 17.8. The van der Waals surface area contributed by atoms with Crippen LogP contribution in [0.3, 0.4) is 0 Å². The first-order chi connectivity index (χ1) is 11.4. The van der Waals surface area contributed by atoms with Crippen molar-refractivity contribution in [1.29, 1.82) is 0 Å². The van der Waals surface area contributed by atoms with E-state index < -0.39 is 5.60 Å². The van der Waals surface area contributed by atoms with Crippen molar-refractivity contribution in [1.82, 2.24) is 9.97 Å². The molecule has 1 aliphatic heterocycles. The van der Waals surface area contributed by atoms with Crippen molar-refractivity contribution in [2.45, 2.75) is 44.8 Å². The van der Waals surface area contributed by atoms with Crippen LogP contribution in [0.25, 0.3) is 11.3 Å². The van der Waals surface area contributed by atoms with Gasteiger partial charge in [0.15, 0.2) is 0 Å². The van der Waals surface area contributed by atoms with E-state index in [4.69, 9.17) is 9.97 Å². The van der Waals surface area contributed by atoms with Gasteiger partial charge in [-0.1, -0.05) is 24.3 Å². The summed E-state index contributed by atoms with van der Waals surface area (Å²) in [4.78, 5) is 11.5. The van der Waals surface area contributed by atoms with Crippen LogP contribution < -0.4 is 4.90 Å². The molecule has 1 aliphatic carbocycles. The average molecular weight is 325 g/mol. The van der Waals surface area contributed by atoms with Crippen LogP contribution in [-0.2, 0) is 18.4 Å². The third-order valence-electron chi connectivity index (χ3n) is 4.93. The number of β-amino-alcohol motifs (C(OH)–C–C–N with tert-alkyl or cyclic N) is 1. The minimum absolute atomic E-state index is 0.267. The molecule has 1 fully saturated rings. The Balaban J connectivity index is 1.74. The predicted molar refractivity (Wildman–Crippen MR) is 93.0 cm³/mol. The summed E-state index contributed by atoms with van der Waals surface area (Å²) in [5, 5.41) is 19.7. The lowest BCUT2D eigenvalue weighted by Crippen LogP contribution is -2.51. The number of rotatable bonds is 3. The van der Waals surface area contributed by atoms with Crippen LogP contribution in [0.5, 0.6) is 0 Å². The maximum absolute atomic E-state index is 10.1. The second-order valence-corrected chi connectivity index (χ2v) is 7.35. The molecule has 2 N–H and O–H groups in total. The van der Waals surface area contributed by atoms with Gasteiger partial charge in [0.25, 0.3) is 0 Å². The summed E-state index contributed by atoms with van der Waals surface area (Å²) >= 11 is 0. The van der Waals surface area contributed by atoms with Crippen LogP contribution in [0.1, 0.15) is 37.1 Å². The second-order valence-electron chi connectivity index (χ2n) is 7.35. The van der Waals surface area contributed by atoms with E-state index in [1.165, 1.54) is 5.56 Å². The maximum Gasteiger partial charge on any atom is 0.226 e. The van der Waals surface area contributed by atoms with E-state index in [0.717, 1.165) is 47.7 Å². The van der Waals surface area contributed by atoms with Crippen molar-refractivity contribution in [2.75, 3.05) is 18.0 Å². The summed E-state index contributed by atoms with van der Waals surface area (Å²) in [5.41, 5.74) is 4.49. The highest BCUT2D eigenvalue weighted by Gasteiger charge is 2.29. The van der Waals surface area contributed by atoms with Crippen LogP contribution in [0.4, 0.5) is 5.95 Å². The molecule has 2 heterocycles. The highest BCUT2D eigenvalue weighted by atomic mass is 16.3. The number of aromatic nitrogens is 2. The molecule has 1 aromatic carbocycles. The van der Waals surface area contributed by atoms with Crippen molar-refractivity contribution in [3.05, 3.63) is 41.1 Å². The number of aliphatic hydroxyl groups excluding tert-OH is 1. The molecule has 5 heteroatoms. The van der Waals surface area contributed by atoms with E-state index >= 15 is 0 Å². The van der Waals surface area contributed by atoms with Gasteiger partial charge in [-0.25, -0.2) is 9.97 Å². The zero-order valence-electron chi connectivity index (χ0n) is 14.2. The van der Waals surface area contributed by atoms with Gasteiger partial charge in [0.2, 0.25) is 5.95 Å². The van der Waals surface area contributed by atoms with Crippen molar-refractivity contribution in [3.8, 4) is 11.3 Å². The van der Waals surface area contributed by atoms with E-state index in [-0.39, 0.29) is 6.10 Å². The van der Waals surface area contributed by atoms with Crippen molar-refractivity contribution >= 4 is 5.95 Å². The topological polar surface area (TPSA) is 69.5 Å². The van der Waals surface area contributed by atoms with E-state index in [1.54, 1.807) is 13.8 Å². The van der Waals surface area contributed by atoms with Gasteiger partial charge in [0, 0.05) is 29.9 Å². The van der Waals surface area contributed by atoms with Gasteiger partial charge in [-0.2, -0.15) is 0 Å². The lowest BCUT2D eigenvalue weighted by molar-refractivity contribution is 0.0786. The third kappa shape index (κ3) is 2.68. The minimum atomic E-state index is -0.842.